The van der Waals surface area contributed by atoms with Gasteiger partial charge in [-0.1, -0.05) is 19.4 Å². The topological polar surface area (TPSA) is 36.8 Å². The number of amides is 1. The molecule has 1 aliphatic heterocycles. The molecular weight excluding hydrogens is 331 g/mol. The smallest absolute Gasteiger partial charge is 0.360 e. The molecule has 0 aliphatic carbocycles. The molecule has 1 saturated heterocycles. The Morgan fingerprint density at radius 1 is 1.32 bits per heavy atom. The summed E-state index contributed by atoms with van der Waals surface area (Å²) in [6.45, 7) is 7.29. The summed E-state index contributed by atoms with van der Waals surface area (Å²) in [5.74, 6) is 0.0449. The van der Waals surface area contributed by atoms with Crippen molar-refractivity contribution in [1.29, 1.82) is 0 Å². The van der Waals surface area contributed by atoms with Crippen LogP contribution in [0.15, 0.2) is 24.3 Å². The summed E-state index contributed by atoms with van der Waals surface area (Å²) >= 11 is 0. The predicted octanol–water partition coefficient (Wildman–Crippen LogP) is 1.72. The molecule has 140 valence electrons. The van der Waals surface area contributed by atoms with Crippen molar-refractivity contribution in [2.75, 3.05) is 37.6 Å². The molecule has 0 bridgehead atoms. The molecule has 2 N–H and O–H groups in total. The summed E-state index contributed by atoms with van der Waals surface area (Å²) in [4.78, 5) is 15.2. The van der Waals surface area contributed by atoms with Gasteiger partial charge in [0.2, 0.25) is 0 Å². The number of hydrogen-bond acceptors (Lipinski definition) is 2. The van der Waals surface area contributed by atoms with E-state index in [0.29, 0.717) is 25.3 Å². The fourth-order valence-corrected chi connectivity index (χ4v) is 3.19. The molecule has 7 heteroatoms. The van der Waals surface area contributed by atoms with Crippen molar-refractivity contribution in [3.63, 3.8) is 0 Å². The number of anilines is 1. The number of piperazine rings is 1. The summed E-state index contributed by atoms with van der Waals surface area (Å²) in [5.41, 5.74) is -0.0287. The van der Waals surface area contributed by atoms with Crippen molar-refractivity contribution in [1.82, 2.24) is 5.32 Å². The maximum atomic E-state index is 12.8. The number of carbonyl (C=O) groups is 1. The van der Waals surface area contributed by atoms with Gasteiger partial charge in [0.25, 0.3) is 5.91 Å². The van der Waals surface area contributed by atoms with E-state index in [1.165, 1.54) is 17.0 Å². The second-order valence-electron chi connectivity index (χ2n) is 6.72. The second kappa shape index (κ2) is 8.56. The molecule has 1 amide bonds. The standard InChI is InChI=1S/C18H26F3N3O/c1-3-5-14(2)22-17(25)13-23-8-10-24(11-9-23)16-7-4-6-15(12-16)18(19,20)21/h4,6-7,12,14H,3,5,8-11,13H2,1-2H3,(H,22,25)/p+1/t14-/m0/s1. The maximum Gasteiger partial charge on any atom is 0.416 e. The molecule has 1 heterocycles. The molecule has 1 atom stereocenters. The van der Waals surface area contributed by atoms with Crippen molar-refractivity contribution < 1.29 is 22.9 Å². The van der Waals surface area contributed by atoms with Crippen LogP contribution in [0.5, 0.6) is 0 Å². The Labute approximate surface area is 147 Å². The summed E-state index contributed by atoms with van der Waals surface area (Å²) in [6.07, 6.45) is -2.33. The number of hydrogen-bond donors (Lipinski definition) is 2. The lowest BCUT2D eigenvalue weighted by molar-refractivity contribution is -0.892. The highest BCUT2D eigenvalue weighted by Crippen LogP contribution is 2.31. The SMILES string of the molecule is CCC[C@H](C)NC(=O)C[NH+]1CCN(c2cccc(C(F)(F)F)c2)CC1. The van der Waals surface area contributed by atoms with E-state index in [1.807, 2.05) is 11.8 Å². The van der Waals surface area contributed by atoms with E-state index in [4.69, 9.17) is 0 Å². The van der Waals surface area contributed by atoms with Gasteiger partial charge in [-0.2, -0.15) is 13.2 Å². The predicted molar refractivity (Wildman–Crippen MR) is 91.7 cm³/mol. The van der Waals surface area contributed by atoms with Crippen molar-refractivity contribution in [2.24, 2.45) is 0 Å². The second-order valence-corrected chi connectivity index (χ2v) is 6.72. The first-order chi connectivity index (χ1) is 11.8. The van der Waals surface area contributed by atoms with E-state index in [1.54, 1.807) is 6.07 Å². The summed E-state index contributed by atoms with van der Waals surface area (Å²) in [7, 11) is 0. The number of rotatable bonds is 6. The highest BCUT2D eigenvalue weighted by Gasteiger charge is 2.31. The molecule has 0 saturated carbocycles. The highest BCUT2D eigenvalue weighted by molar-refractivity contribution is 5.77. The monoisotopic (exact) mass is 358 g/mol. The number of benzene rings is 1. The number of halogens is 3. The van der Waals surface area contributed by atoms with Gasteiger partial charge in [-0.25, -0.2) is 0 Å². The van der Waals surface area contributed by atoms with Crippen LogP contribution < -0.4 is 15.1 Å². The lowest BCUT2D eigenvalue weighted by Gasteiger charge is -2.33. The van der Waals surface area contributed by atoms with Gasteiger partial charge >= 0.3 is 6.18 Å². The van der Waals surface area contributed by atoms with Crippen molar-refractivity contribution in [2.45, 2.75) is 38.9 Å². The normalized spacial score (nSPS) is 17.4. The average molecular weight is 358 g/mol. The lowest BCUT2D eigenvalue weighted by atomic mass is 10.1. The minimum atomic E-state index is -4.32. The van der Waals surface area contributed by atoms with Crippen molar-refractivity contribution in [3.05, 3.63) is 29.8 Å². The molecular formula is C18H27F3N3O+. The Hall–Kier alpha value is -1.76. The molecule has 1 fully saturated rings. The molecule has 0 aromatic heterocycles. The van der Waals surface area contributed by atoms with E-state index >= 15 is 0 Å². The van der Waals surface area contributed by atoms with Gasteiger partial charge in [0.15, 0.2) is 6.54 Å². The van der Waals surface area contributed by atoms with Crippen LogP contribution in [0.1, 0.15) is 32.3 Å². The Morgan fingerprint density at radius 3 is 2.60 bits per heavy atom. The van der Waals surface area contributed by atoms with Crippen molar-refractivity contribution >= 4 is 11.6 Å². The van der Waals surface area contributed by atoms with Crippen LogP contribution in [0, 0.1) is 0 Å². The van der Waals surface area contributed by atoms with Gasteiger partial charge in [-0.05, 0) is 31.5 Å². The maximum absolute atomic E-state index is 12.8. The molecule has 25 heavy (non-hydrogen) atoms. The Morgan fingerprint density at radius 2 is 2.00 bits per heavy atom. The minimum absolute atomic E-state index is 0.0449. The number of nitrogens with one attached hydrogen (secondary N) is 2. The van der Waals surface area contributed by atoms with Gasteiger partial charge in [-0.3, -0.25) is 4.79 Å². The van der Waals surface area contributed by atoms with Crippen LogP contribution in [0.4, 0.5) is 18.9 Å². The molecule has 1 aromatic carbocycles. The summed E-state index contributed by atoms with van der Waals surface area (Å²) in [6, 6.07) is 5.62. The Bertz CT molecular complexity index is 569. The van der Waals surface area contributed by atoms with Gasteiger partial charge in [0.1, 0.15) is 0 Å². The van der Waals surface area contributed by atoms with Gasteiger partial charge in [0.05, 0.1) is 31.7 Å². The van der Waals surface area contributed by atoms with Gasteiger partial charge < -0.3 is 15.1 Å². The van der Waals surface area contributed by atoms with Crippen LogP contribution in [-0.2, 0) is 11.0 Å². The van der Waals surface area contributed by atoms with Crippen LogP contribution >= 0.6 is 0 Å². The van der Waals surface area contributed by atoms with E-state index in [9.17, 15) is 18.0 Å². The van der Waals surface area contributed by atoms with Crippen LogP contribution in [0.2, 0.25) is 0 Å². The van der Waals surface area contributed by atoms with Crippen LogP contribution in [0.3, 0.4) is 0 Å². The Kier molecular flexibility index (Phi) is 6.70. The van der Waals surface area contributed by atoms with E-state index < -0.39 is 11.7 Å². The zero-order valence-electron chi connectivity index (χ0n) is 14.8. The third-order valence-electron chi connectivity index (χ3n) is 4.55. The van der Waals surface area contributed by atoms with Gasteiger partial charge in [-0.15, -0.1) is 0 Å². The van der Waals surface area contributed by atoms with E-state index in [-0.39, 0.29) is 11.9 Å². The molecule has 4 nitrogen and oxygen atoms in total. The summed E-state index contributed by atoms with van der Waals surface area (Å²) in [5, 5.41) is 3.00. The fraction of sp³-hybridized carbons (Fsp3) is 0.611. The number of alkyl halides is 3. The number of carbonyl (C=O) groups excluding carboxylic acids is 1. The van der Waals surface area contributed by atoms with E-state index in [2.05, 4.69) is 12.2 Å². The van der Waals surface area contributed by atoms with E-state index in [0.717, 1.165) is 32.0 Å². The average Bonchev–Trinajstić information content (AvgIpc) is 2.55. The molecule has 1 aliphatic rings. The highest BCUT2D eigenvalue weighted by atomic mass is 19.4. The number of quaternary nitrogens is 1. The quantitative estimate of drug-likeness (QED) is 0.812. The molecule has 0 spiro atoms. The van der Waals surface area contributed by atoms with Crippen molar-refractivity contribution in [3.8, 4) is 0 Å². The first-order valence-electron chi connectivity index (χ1n) is 8.84. The van der Waals surface area contributed by atoms with Crippen LogP contribution in [-0.4, -0.2) is 44.7 Å². The third-order valence-corrected chi connectivity index (χ3v) is 4.55. The Balaban J connectivity index is 1.84. The first-order valence-corrected chi connectivity index (χ1v) is 8.84. The molecule has 1 aromatic rings. The number of nitrogens with zero attached hydrogens (tertiary/aromatic N) is 1. The third kappa shape index (κ3) is 5.92. The van der Waals surface area contributed by atoms with Crippen LogP contribution in [0.25, 0.3) is 0 Å². The zero-order chi connectivity index (χ0) is 18.4. The fourth-order valence-electron chi connectivity index (χ4n) is 3.19. The molecule has 0 radical (unpaired) electrons. The minimum Gasteiger partial charge on any atom is -0.360 e. The van der Waals surface area contributed by atoms with Gasteiger partial charge in [0, 0.05) is 11.7 Å². The molecule has 0 unspecified atom stereocenters. The lowest BCUT2D eigenvalue weighted by Crippen LogP contribution is -3.16. The largest absolute Gasteiger partial charge is 0.416 e. The first kappa shape index (κ1) is 19.6. The molecule has 2 rings (SSSR count). The summed E-state index contributed by atoms with van der Waals surface area (Å²) < 4.78 is 38.5. The zero-order valence-corrected chi connectivity index (χ0v) is 14.8.